The Kier molecular flexibility index (Phi) is 3.36. The van der Waals surface area contributed by atoms with E-state index in [1.54, 1.807) is 4.98 Å². The highest BCUT2D eigenvalue weighted by atomic mass is 127. The summed E-state index contributed by atoms with van der Waals surface area (Å²) in [4.78, 5) is 12.7. The van der Waals surface area contributed by atoms with Crippen LogP contribution in [0.25, 0.3) is 0 Å². The van der Waals surface area contributed by atoms with E-state index in [0.29, 0.717) is 0 Å². The van der Waals surface area contributed by atoms with Crippen LogP contribution in [0.1, 0.15) is 17.7 Å². The topological polar surface area (TPSA) is 32.9 Å². The molecule has 2 nitrogen and oxygen atoms in total. The first-order valence-electron chi connectivity index (χ1n) is 3.51. The van der Waals surface area contributed by atoms with E-state index in [-0.39, 0.29) is 3.57 Å². The van der Waals surface area contributed by atoms with Crippen molar-refractivity contribution in [3.05, 3.63) is 31.2 Å². The average Bonchev–Trinajstić information content (AvgIpc) is 2.06. The summed E-state index contributed by atoms with van der Waals surface area (Å²) < 4.78 is 61.0. The van der Waals surface area contributed by atoms with E-state index in [9.17, 15) is 26.7 Å². The van der Waals surface area contributed by atoms with Gasteiger partial charge in [-0.1, -0.05) is 0 Å². The Morgan fingerprint density at radius 1 is 1.33 bits per heavy atom. The first-order valence-corrected chi connectivity index (χ1v) is 4.59. The van der Waals surface area contributed by atoms with Crippen LogP contribution in [0.3, 0.4) is 0 Å². The van der Waals surface area contributed by atoms with Crippen molar-refractivity contribution in [1.82, 2.24) is 4.98 Å². The first kappa shape index (κ1) is 12.4. The van der Waals surface area contributed by atoms with Gasteiger partial charge in [0.25, 0.3) is 6.43 Å². The van der Waals surface area contributed by atoms with Crippen molar-refractivity contribution in [2.24, 2.45) is 0 Å². The number of aromatic nitrogens is 1. The summed E-state index contributed by atoms with van der Waals surface area (Å²) >= 11 is 1.38. The largest absolute Gasteiger partial charge is 0.431 e. The van der Waals surface area contributed by atoms with Crippen LogP contribution in [-0.2, 0) is 6.18 Å². The maximum absolute atomic E-state index is 12.3. The molecule has 1 N–H and O–H groups in total. The van der Waals surface area contributed by atoms with Gasteiger partial charge in [0, 0.05) is 6.20 Å². The van der Waals surface area contributed by atoms with Gasteiger partial charge < -0.3 is 4.98 Å². The second-order valence-electron chi connectivity index (χ2n) is 2.55. The molecule has 0 saturated carbocycles. The highest BCUT2D eigenvalue weighted by Gasteiger charge is 2.38. The zero-order valence-corrected chi connectivity index (χ0v) is 8.99. The third-order valence-electron chi connectivity index (χ3n) is 1.58. The monoisotopic (exact) mass is 339 g/mol. The lowest BCUT2D eigenvalue weighted by atomic mass is 10.2. The van der Waals surface area contributed by atoms with E-state index in [0.717, 1.165) is 6.20 Å². The standard InChI is InChI=1S/C7H3F5INO/c8-6(9)3-4(15)2(13)1-14-5(3)7(10,11)12/h1,6H,(H,14,15). The minimum absolute atomic E-state index is 0.212. The summed E-state index contributed by atoms with van der Waals surface area (Å²) in [5.74, 6) is 0. The fourth-order valence-electron chi connectivity index (χ4n) is 0.964. The van der Waals surface area contributed by atoms with Crippen LogP contribution in [0.15, 0.2) is 11.0 Å². The molecule has 0 atom stereocenters. The lowest BCUT2D eigenvalue weighted by Gasteiger charge is -2.11. The predicted octanol–water partition coefficient (Wildman–Crippen LogP) is 2.94. The van der Waals surface area contributed by atoms with E-state index in [1.807, 2.05) is 0 Å². The summed E-state index contributed by atoms with van der Waals surface area (Å²) in [6.07, 6.45) is -7.70. The molecular formula is C7H3F5INO. The number of aromatic amines is 1. The van der Waals surface area contributed by atoms with Crippen molar-refractivity contribution in [3.8, 4) is 0 Å². The average molecular weight is 339 g/mol. The van der Waals surface area contributed by atoms with E-state index in [1.165, 1.54) is 22.6 Å². The molecule has 0 aliphatic heterocycles. The Hall–Kier alpha value is -0.670. The minimum atomic E-state index is -4.99. The molecule has 1 rings (SSSR count). The fraction of sp³-hybridized carbons (Fsp3) is 0.286. The number of hydrogen-bond donors (Lipinski definition) is 1. The Morgan fingerprint density at radius 2 is 1.87 bits per heavy atom. The molecule has 0 amide bonds. The van der Waals surface area contributed by atoms with Gasteiger partial charge >= 0.3 is 6.18 Å². The SMILES string of the molecule is O=c1c(I)c[nH]c(C(F)(F)F)c1C(F)F. The molecular weight excluding hydrogens is 336 g/mol. The number of hydrogen-bond acceptors (Lipinski definition) is 1. The minimum Gasteiger partial charge on any atom is -0.356 e. The molecule has 1 heterocycles. The van der Waals surface area contributed by atoms with E-state index < -0.39 is 29.3 Å². The van der Waals surface area contributed by atoms with Crippen molar-refractivity contribution < 1.29 is 22.0 Å². The first-order chi connectivity index (χ1) is 6.75. The van der Waals surface area contributed by atoms with Crippen LogP contribution >= 0.6 is 22.6 Å². The highest BCUT2D eigenvalue weighted by Crippen LogP contribution is 2.33. The molecule has 0 saturated heterocycles. The van der Waals surface area contributed by atoms with Crippen molar-refractivity contribution in [2.75, 3.05) is 0 Å². The zero-order chi connectivity index (χ0) is 11.8. The Bertz CT molecular complexity index is 424. The van der Waals surface area contributed by atoms with Crippen molar-refractivity contribution >= 4 is 22.6 Å². The lowest BCUT2D eigenvalue weighted by Crippen LogP contribution is -2.22. The van der Waals surface area contributed by atoms with Gasteiger partial charge in [0.05, 0.1) is 9.13 Å². The molecule has 0 unspecified atom stereocenters. The normalized spacial score (nSPS) is 12.2. The van der Waals surface area contributed by atoms with E-state index >= 15 is 0 Å². The van der Waals surface area contributed by atoms with Gasteiger partial charge in [-0.05, 0) is 22.6 Å². The molecule has 1 aromatic heterocycles. The van der Waals surface area contributed by atoms with Gasteiger partial charge in [0.2, 0.25) is 5.43 Å². The zero-order valence-electron chi connectivity index (χ0n) is 6.83. The number of pyridine rings is 1. The van der Waals surface area contributed by atoms with Crippen molar-refractivity contribution in [2.45, 2.75) is 12.6 Å². The van der Waals surface area contributed by atoms with E-state index in [2.05, 4.69) is 0 Å². The van der Waals surface area contributed by atoms with Gasteiger partial charge in [-0.2, -0.15) is 13.2 Å². The smallest absolute Gasteiger partial charge is 0.356 e. The number of rotatable bonds is 1. The third kappa shape index (κ3) is 2.47. The highest BCUT2D eigenvalue weighted by molar-refractivity contribution is 14.1. The molecule has 1 aromatic rings. The van der Waals surface area contributed by atoms with Gasteiger partial charge in [0.1, 0.15) is 5.69 Å². The summed E-state index contributed by atoms with van der Waals surface area (Å²) in [6, 6.07) is 0. The number of alkyl halides is 5. The van der Waals surface area contributed by atoms with Crippen molar-refractivity contribution in [1.29, 1.82) is 0 Å². The van der Waals surface area contributed by atoms with Crippen LogP contribution in [0.2, 0.25) is 0 Å². The van der Waals surface area contributed by atoms with Gasteiger partial charge in [0.15, 0.2) is 0 Å². The predicted molar refractivity (Wildman–Crippen MR) is 49.7 cm³/mol. The number of H-pyrrole nitrogens is 1. The summed E-state index contributed by atoms with van der Waals surface area (Å²) in [5, 5.41) is 0. The summed E-state index contributed by atoms with van der Waals surface area (Å²) in [7, 11) is 0. The van der Waals surface area contributed by atoms with Crippen LogP contribution in [0.4, 0.5) is 22.0 Å². The Morgan fingerprint density at radius 3 is 2.27 bits per heavy atom. The fourth-order valence-corrected chi connectivity index (χ4v) is 1.41. The molecule has 0 fully saturated rings. The van der Waals surface area contributed by atoms with Crippen LogP contribution in [0.5, 0.6) is 0 Å². The van der Waals surface area contributed by atoms with Gasteiger partial charge in [-0.3, -0.25) is 4.79 Å². The molecule has 0 aromatic carbocycles. The lowest BCUT2D eigenvalue weighted by molar-refractivity contribution is -0.143. The quantitative estimate of drug-likeness (QED) is 0.619. The summed E-state index contributed by atoms with van der Waals surface area (Å²) in [5.41, 5.74) is -4.52. The van der Waals surface area contributed by atoms with Crippen LogP contribution < -0.4 is 5.43 Å². The molecule has 0 aliphatic rings. The van der Waals surface area contributed by atoms with Crippen molar-refractivity contribution in [3.63, 3.8) is 0 Å². The molecule has 0 bridgehead atoms. The van der Waals surface area contributed by atoms with E-state index in [4.69, 9.17) is 0 Å². The molecule has 0 aliphatic carbocycles. The second-order valence-corrected chi connectivity index (χ2v) is 3.72. The van der Waals surface area contributed by atoms with Gasteiger partial charge in [-0.15, -0.1) is 0 Å². The molecule has 8 heteroatoms. The van der Waals surface area contributed by atoms with Crippen LogP contribution in [-0.4, -0.2) is 4.98 Å². The maximum Gasteiger partial charge on any atom is 0.431 e. The maximum atomic E-state index is 12.3. The third-order valence-corrected chi connectivity index (χ3v) is 2.38. The number of nitrogens with one attached hydrogen (secondary N) is 1. The second kappa shape index (κ2) is 4.06. The summed E-state index contributed by atoms with van der Waals surface area (Å²) in [6.45, 7) is 0. The Labute approximate surface area is 93.6 Å². The molecule has 15 heavy (non-hydrogen) atoms. The molecule has 84 valence electrons. The molecule has 0 spiro atoms. The Balaban J connectivity index is 3.55. The van der Waals surface area contributed by atoms with Gasteiger partial charge in [-0.25, -0.2) is 8.78 Å². The van der Waals surface area contributed by atoms with Crippen LogP contribution in [0, 0.1) is 3.57 Å². The molecule has 0 radical (unpaired) electrons. The number of halogens is 6.